The van der Waals surface area contributed by atoms with Gasteiger partial charge < -0.3 is 9.64 Å². The molecule has 3 nitrogen and oxygen atoms in total. The first-order valence-electron chi connectivity index (χ1n) is 11.9. The van der Waals surface area contributed by atoms with Crippen LogP contribution in [-0.2, 0) is 0 Å². The summed E-state index contributed by atoms with van der Waals surface area (Å²) >= 11 is 1.79. The van der Waals surface area contributed by atoms with Gasteiger partial charge in [-0.25, -0.2) is 4.31 Å². The van der Waals surface area contributed by atoms with Crippen LogP contribution >= 0.6 is 11.9 Å². The number of hydrogen-bond acceptors (Lipinski definition) is 4. The summed E-state index contributed by atoms with van der Waals surface area (Å²) in [5.74, 6) is 1.29. The van der Waals surface area contributed by atoms with Crippen molar-refractivity contribution in [3.8, 4) is 5.75 Å². The Labute approximate surface area is 194 Å². The molecule has 4 rings (SSSR count). The van der Waals surface area contributed by atoms with Crippen molar-refractivity contribution >= 4 is 17.5 Å². The smallest absolute Gasteiger partial charge is 0.395 e. The van der Waals surface area contributed by atoms with E-state index in [-0.39, 0.29) is 6.54 Å². The molecular weight excluding hydrogens is 433 g/mol. The number of likely N-dealkylation sites (tertiary alicyclic amines) is 1. The predicted octanol–water partition coefficient (Wildman–Crippen LogP) is 6.27. The first kappa shape index (κ1) is 24.0. The lowest BCUT2D eigenvalue weighted by molar-refractivity contribution is -0.228. The molecule has 0 bridgehead atoms. The Balaban J connectivity index is 1.22. The number of rotatable bonds is 7. The van der Waals surface area contributed by atoms with Gasteiger partial charge in [0.1, 0.15) is 5.75 Å². The standard InChI is InChI=1S/C25H35F3N2OS/c1-32-30-16-10-22(11-17-30)21-4-6-23(7-5-21)31-18-20-8-14-29(15-9-20)19-24(25(26,27)28)12-2-3-13-24/h4-7,10,20H,2-3,8-9,11-19H2,1H3. The van der Waals surface area contributed by atoms with Crippen LogP contribution in [0, 0.1) is 11.3 Å². The van der Waals surface area contributed by atoms with Gasteiger partial charge in [0.25, 0.3) is 0 Å². The first-order chi connectivity index (χ1) is 15.4. The second-order valence-corrected chi connectivity index (χ2v) is 10.5. The van der Waals surface area contributed by atoms with E-state index < -0.39 is 11.6 Å². The van der Waals surface area contributed by atoms with Gasteiger partial charge in [-0.1, -0.05) is 43.0 Å². The molecule has 0 radical (unpaired) electrons. The average molecular weight is 469 g/mol. The summed E-state index contributed by atoms with van der Waals surface area (Å²) in [6, 6.07) is 8.35. The Hall–Kier alpha value is -1.18. The summed E-state index contributed by atoms with van der Waals surface area (Å²) in [5, 5.41) is 0. The van der Waals surface area contributed by atoms with E-state index in [0.717, 1.165) is 51.2 Å². The third-order valence-electron chi connectivity index (χ3n) is 7.54. The fourth-order valence-electron chi connectivity index (χ4n) is 5.38. The Bertz CT molecular complexity index is 766. The highest BCUT2D eigenvalue weighted by Crippen LogP contribution is 2.51. The lowest BCUT2D eigenvalue weighted by Crippen LogP contribution is -2.48. The van der Waals surface area contributed by atoms with Crippen LogP contribution < -0.4 is 4.74 Å². The van der Waals surface area contributed by atoms with Gasteiger partial charge in [0.15, 0.2) is 0 Å². The molecule has 32 heavy (non-hydrogen) atoms. The molecule has 1 aromatic carbocycles. The van der Waals surface area contributed by atoms with Gasteiger partial charge in [-0.05, 0) is 80.6 Å². The number of piperidine rings is 1. The summed E-state index contributed by atoms with van der Waals surface area (Å²) in [6.45, 7) is 4.36. The van der Waals surface area contributed by atoms with Crippen molar-refractivity contribution in [1.82, 2.24) is 9.21 Å². The van der Waals surface area contributed by atoms with Gasteiger partial charge in [0.05, 0.1) is 12.0 Å². The monoisotopic (exact) mass is 468 g/mol. The number of benzene rings is 1. The summed E-state index contributed by atoms with van der Waals surface area (Å²) in [6.07, 6.45) is 5.21. The summed E-state index contributed by atoms with van der Waals surface area (Å²) in [7, 11) is 0. The molecule has 3 aliphatic rings. The van der Waals surface area contributed by atoms with E-state index in [1.54, 1.807) is 11.9 Å². The normalized spacial score (nSPS) is 23.3. The molecule has 178 valence electrons. The molecule has 0 unspecified atom stereocenters. The van der Waals surface area contributed by atoms with Gasteiger partial charge in [-0.15, -0.1) is 0 Å². The third kappa shape index (κ3) is 5.65. The van der Waals surface area contributed by atoms with E-state index in [0.29, 0.717) is 38.2 Å². The highest BCUT2D eigenvalue weighted by atomic mass is 32.2. The lowest BCUT2D eigenvalue weighted by atomic mass is 9.83. The Morgan fingerprint density at radius 3 is 2.31 bits per heavy atom. The topological polar surface area (TPSA) is 15.7 Å². The van der Waals surface area contributed by atoms with Crippen molar-refractivity contribution in [3.05, 3.63) is 35.9 Å². The summed E-state index contributed by atoms with van der Waals surface area (Å²) in [5.41, 5.74) is 1.18. The molecule has 7 heteroatoms. The van der Waals surface area contributed by atoms with Crippen LogP contribution in [0.3, 0.4) is 0 Å². The largest absolute Gasteiger partial charge is 0.493 e. The van der Waals surface area contributed by atoms with E-state index in [2.05, 4.69) is 28.8 Å². The van der Waals surface area contributed by atoms with Crippen LogP contribution in [0.2, 0.25) is 0 Å². The Morgan fingerprint density at radius 1 is 1.06 bits per heavy atom. The zero-order valence-corrected chi connectivity index (χ0v) is 19.8. The average Bonchev–Trinajstić information content (AvgIpc) is 3.29. The van der Waals surface area contributed by atoms with E-state index >= 15 is 0 Å². The van der Waals surface area contributed by atoms with Crippen molar-refractivity contribution in [1.29, 1.82) is 0 Å². The van der Waals surface area contributed by atoms with Crippen molar-refractivity contribution in [3.63, 3.8) is 0 Å². The fourth-order valence-corrected chi connectivity index (χ4v) is 5.88. The quantitative estimate of drug-likeness (QED) is 0.438. The van der Waals surface area contributed by atoms with E-state index in [4.69, 9.17) is 4.74 Å². The van der Waals surface area contributed by atoms with Gasteiger partial charge in [-0.3, -0.25) is 0 Å². The van der Waals surface area contributed by atoms with Crippen LogP contribution in [-0.4, -0.2) is 61.0 Å². The van der Waals surface area contributed by atoms with Gasteiger partial charge in [0, 0.05) is 19.6 Å². The number of halogens is 3. The maximum Gasteiger partial charge on any atom is 0.395 e. The number of hydrogen-bond donors (Lipinski definition) is 0. The minimum absolute atomic E-state index is 0.177. The predicted molar refractivity (Wildman–Crippen MR) is 126 cm³/mol. The van der Waals surface area contributed by atoms with Crippen LogP contribution in [0.5, 0.6) is 5.75 Å². The number of ether oxygens (including phenoxy) is 1. The molecular formula is C25H35F3N2OS. The maximum atomic E-state index is 13.7. The minimum atomic E-state index is -4.09. The number of alkyl halides is 3. The molecule has 0 N–H and O–H groups in total. The highest BCUT2D eigenvalue weighted by Gasteiger charge is 2.56. The van der Waals surface area contributed by atoms with E-state index in [1.807, 2.05) is 17.0 Å². The summed E-state index contributed by atoms with van der Waals surface area (Å²) < 4.78 is 49.4. The van der Waals surface area contributed by atoms with E-state index in [1.165, 1.54) is 11.1 Å². The van der Waals surface area contributed by atoms with E-state index in [9.17, 15) is 13.2 Å². The molecule has 0 atom stereocenters. The zero-order chi connectivity index (χ0) is 22.6. The number of nitrogens with zero attached hydrogens (tertiary/aromatic N) is 2. The van der Waals surface area contributed by atoms with Crippen LogP contribution in [0.4, 0.5) is 13.2 Å². The second kappa shape index (κ2) is 10.4. The van der Waals surface area contributed by atoms with Gasteiger partial charge in [0.2, 0.25) is 0 Å². The molecule has 1 aromatic rings. The van der Waals surface area contributed by atoms with Crippen molar-refractivity contribution in [2.75, 3.05) is 45.6 Å². The Morgan fingerprint density at radius 2 is 1.75 bits per heavy atom. The fraction of sp³-hybridized carbons (Fsp3) is 0.680. The molecule has 0 aromatic heterocycles. The zero-order valence-electron chi connectivity index (χ0n) is 19.0. The van der Waals surface area contributed by atoms with Crippen molar-refractivity contribution < 1.29 is 17.9 Å². The third-order valence-corrected chi connectivity index (χ3v) is 8.38. The lowest BCUT2D eigenvalue weighted by Gasteiger charge is -2.40. The Kier molecular flexibility index (Phi) is 7.78. The van der Waals surface area contributed by atoms with Crippen LogP contribution in [0.25, 0.3) is 5.57 Å². The molecule has 1 saturated heterocycles. The molecule has 2 heterocycles. The van der Waals surface area contributed by atoms with Crippen molar-refractivity contribution in [2.24, 2.45) is 11.3 Å². The molecule has 2 fully saturated rings. The molecule has 2 aliphatic heterocycles. The van der Waals surface area contributed by atoms with Gasteiger partial charge >= 0.3 is 6.18 Å². The SMILES string of the molecule is CSN1CC=C(c2ccc(OCC3CCN(CC4(C(F)(F)F)CCCC4)CC3)cc2)CC1. The second-order valence-electron chi connectivity index (χ2n) is 9.59. The molecule has 1 saturated carbocycles. The van der Waals surface area contributed by atoms with Gasteiger partial charge in [-0.2, -0.15) is 13.2 Å². The summed E-state index contributed by atoms with van der Waals surface area (Å²) in [4.78, 5) is 2.04. The van der Waals surface area contributed by atoms with Crippen molar-refractivity contribution in [2.45, 2.75) is 51.1 Å². The first-order valence-corrected chi connectivity index (χ1v) is 13.1. The molecule has 1 aliphatic carbocycles. The van der Waals surface area contributed by atoms with Crippen LogP contribution in [0.15, 0.2) is 30.3 Å². The molecule has 0 spiro atoms. The highest BCUT2D eigenvalue weighted by molar-refractivity contribution is 7.96. The van der Waals surface area contributed by atoms with Crippen LogP contribution in [0.1, 0.15) is 50.5 Å². The molecule has 0 amide bonds. The minimum Gasteiger partial charge on any atom is -0.493 e. The maximum absolute atomic E-state index is 13.7.